The number of carbonyl (C=O) groups excluding carboxylic acids is 1. The molecule has 0 bridgehead atoms. The van der Waals surface area contributed by atoms with E-state index in [1.807, 2.05) is 24.3 Å². The largest absolute Gasteiger partial charge is 0.444 e. The molecule has 0 aliphatic carbocycles. The Balaban J connectivity index is 1.81. The van der Waals surface area contributed by atoms with Gasteiger partial charge in [0.15, 0.2) is 0 Å². The van der Waals surface area contributed by atoms with Crippen molar-refractivity contribution in [3.8, 4) is 0 Å². The highest BCUT2D eigenvalue weighted by Gasteiger charge is 2.20. The van der Waals surface area contributed by atoms with Crippen molar-refractivity contribution in [1.29, 1.82) is 0 Å². The molecule has 2 atom stereocenters. The molecule has 1 aliphatic rings. The number of benzene rings is 1. The number of hydrogen-bond donors (Lipinski definition) is 3. The van der Waals surface area contributed by atoms with Crippen LogP contribution >= 0.6 is 0 Å². The lowest BCUT2D eigenvalue weighted by Crippen LogP contribution is -2.34. The Hall–Kier alpha value is -1.63. The molecule has 1 aromatic rings. The van der Waals surface area contributed by atoms with Gasteiger partial charge in [-0.25, -0.2) is 4.79 Å². The van der Waals surface area contributed by atoms with Gasteiger partial charge in [-0.05, 0) is 64.3 Å². The van der Waals surface area contributed by atoms with E-state index < -0.39 is 23.9 Å². The Kier molecular flexibility index (Phi) is 7.43. The maximum absolute atomic E-state index is 11.6. The van der Waals surface area contributed by atoms with Crippen molar-refractivity contribution in [1.82, 2.24) is 10.2 Å². The van der Waals surface area contributed by atoms with Crippen molar-refractivity contribution in [2.45, 2.75) is 64.4 Å². The number of amides is 1. The van der Waals surface area contributed by atoms with Gasteiger partial charge in [0.1, 0.15) is 11.7 Å². The van der Waals surface area contributed by atoms with Gasteiger partial charge >= 0.3 is 6.09 Å². The lowest BCUT2D eigenvalue weighted by molar-refractivity contribution is 0.0122. The molecule has 146 valence electrons. The van der Waals surface area contributed by atoms with Crippen LogP contribution in [0.4, 0.5) is 4.79 Å². The average Bonchev–Trinajstić information content (AvgIpc) is 3.05. The van der Waals surface area contributed by atoms with Crippen LogP contribution in [-0.2, 0) is 11.3 Å². The van der Waals surface area contributed by atoms with Crippen molar-refractivity contribution >= 4 is 6.09 Å². The van der Waals surface area contributed by atoms with Crippen LogP contribution in [0, 0.1) is 0 Å². The second kappa shape index (κ2) is 9.35. The number of nitrogens with one attached hydrogen (secondary N) is 1. The minimum Gasteiger partial charge on any atom is -0.444 e. The summed E-state index contributed by atoms with van der Waals surface area (Å²) in [6.07, 6.45) is 0.279. The Morgan fingerprint density at radius 2 is 1.96 bits per heavy atom. The number of carbonyl (C=O) groups is 1. The first-order chi connectivity index (χ1) is 12.2. The number of ether oxygens (including phenoxy) is 1. The SMILES string of the molecule is CC(C)(C)OC(=O)NCCC(O)C(O)c1cccc(CN2CCCC2)c1. The molecule has 0 radical (unpaired) electrons. The molecule has 2 unspecified atom stereocenters. The first-order valence-corrected chi connectivity index (χ1v) is 9.39. The number of aliphatic hydroxyl groups is 2. The van der Waals surface area contributed by atoms with Crippen molar-refractivity contribution in [3.05, 3.63) is 35.4 Å². The van der Waals surface area contributed by atoms with Crippen molar-refractivity contribution in [2.75, 3.05) is 19.6 Å². The zero-order valence-electron chi connectivity index (χ0n) is 16.1. The molecule has 6 heteroatoms. The second-order valence-corrected chi connectivity index (χ2v) is 7.96. The van der Waals surface area contributed by atoms with E-state index in [4.69, 9.17) is 4.74 Å². The minimum atomic E-state index is -0.978. The van der Waals surface area contributed by atoms with Gasteiger partial charge in [-0.3, -0.25) is 4.90 Å². The summed E-state index contributed by atoms with van der Waals surface area (Å²) >= 11 is 0. The Labute approximate surface area is 156 Å². The molecule has 6 nitrogen and oxygen atoms in total. The topological polar surface area (TPSA) is 82.0 Å². The zero-order chi connectivity index (χ0) is 19.2. The molecular weight excluding hydrogens is 332 g/mol. The Morgan fingerprint density at radius 3 is 2.62 bits per heavy atom. The maximum Gasteiger partial charge on any atom is 0.407 e. The summed E-state index contributed by atoms with van der Waals surface area (Å²) in [7, 11) is 0. The highest BCUT2D eigenvalue weighted by Crippen LogP contribution is 2.21. The fourth-order valence-electron chi connectivity index (χ4n) is 3.09. The summed E-state index contributed by atoms with van der Waals surface area (Å²) in [5.41, 5.74) is 1.28. The number of hydrogen-bond acceptors (Lipinski definition) is 5. The molecule has 0 spiro atoms. The van der Waals surface area contributed by atoms with Crippen molar-refractivity contribution in [3.63, 3.8) is 0 Å². The van der Waals surface area contributed by atoms with Gasteiger partial charge < -0.3 is 20.3 Å². The van der Waals surface area contributed by atoms with Crippen LogP contribution in [0.1, 0.15) is 57.3 Å². The fourth-order valence-corrected chi connectivity index (χ4v) is 3.09. The van der Waals surface area contributed by atoms with Gasteiger partial charge in [-0.1, -0.05) is 24.3 Å². The van der Waals surface area contributed by atoms with E-state index >= 15 is 0 Å². The molecule has 1 fully saturated rings. The van der Waals surface area contributed by atoms with E-state index in [1.165, 1.54) is 12.8 Å². The van der Waals surface area contributed by atoms with Crippen molar-refractivity contribution < 1.29 is 19.7 Å². The summed E-state index contributed by atoms with van der Waals surface area (Å²) in [4.78, 5) is 14.0. The molecule has 1 aliphatic heterocycles. The van der Waals surface area contributed by atoms with Gasteiger partial charge in [0, 0.05) is 13.1 Å². The minimum absolute atomic E-state index is 0.237. The molecule has 1 saturated heterocycles. The Morgan fingerprint density at radius 1 is 1.27 bits per heavy atom. The third-order valence-corrected chi connectivity index (χ3v) is 4.37. The molecular formula is C20H32N2O4. The summed E-state index contributed by atoms with van der Waals surface area (Å²) in [5, 5.41) is 23.3. The lowest BCUT2D eigenvalue weighted by Gasteiger charge is -2.22. The monoisotopic (exact) mass is 364 g/mol. The normalized spacial score (nSPS) is 17.7. The van der Waals surface area contributed by atoms with Crippen LogP contribution in [-0.4, -0.2) is 52.5 Å². The number of aliphatic hydroxyl groups excluding tert-OH is 2. The molecule has 3 N–H and O–H groups in total. The van der Waals surface area contributed by atoms with E-state index in [0.29, 0.717) is 5.56 Å². The highest BCUT2D eigenvalue weighted by atomic mass is 16.6. The molecule has 26 heavy (non-hydrogen) atoms. The van der Waals surface area contributed by atoms with Crippen LogP contribution in [0.2, 0.25) is 0 Å². The van der Waals surface area contributed by atoms with Crippen LogP contribution in [0.25, 0.3) is 0 Å². The van der Waals surface area contributed by atoms with Crippen molar-refractivity contribution in [2.24, 2.45) is 0 Å². The molecule has 1 heterocycles. The molecule has 2 rings (SSSR count). The van der Waals surface area contributed by atoms with E-state index in [0.717, 1.165) is 25.2 Å². The molecule has 0 aromatic heterocycles. The smallest absolute Gasteiger partial charge is 0.407 e. The molecule has 1 amide bonds. The summed E-state index contributed by atoms with van der Waals surface area (Å²) in [5.74, 6) is 0. The third-order valence-electron chi connectivity index (χ3n) is 4.37. The van der Waals surface area contributed by atoms with E-state index in [2.05, 4.69) is 10.2 Å². The summed E-state index contributed by atoms with van der Waals surface area (Å²) < 4.78 is 5.14. The van der Waals surface area contributed by atoms with Crippen LogP contribution in [0.5, 0.6) is 0 Å². The highest BCUT2D eigenvalue weighted by molar-refractivity contribution is 5.67. The standard InChI is InChI=1S/C20H32N2O4/c1-20(2,3)26-19(25)21-10-9-17(23)18(24)16-8-6-7-15(13-16)14-22-11-4-5-12-22/h6-8,13,17-18,23-24H,4-5,9-12,14H2,1-3H3,(H,21,25). The lowest BCUT2D eigenvalue weighted by atomic mass is 10.00. The van der Waals surface area contributed by atoms with Crippen LogP contribution in [0.15, 0.2) is 24.3 Å². The Bertz CT molecular complexity index is 579. The summed E-state index contributed by atoms with van der Waals surface area (Å²) in [6, 6.07) is 7.73. The molecule has 0 saturated carbocycles. The predicted molar refractivity (Wildman–Crippen MR) is 101 cm³/mol. The van der Waals surface area contributed by atoms with E-state index in [-0.39, 0.29) is 13.0 Å². The first kappa shape index (κ1) is 20.7. The van der Waals surface area contributed by atoms with Crippen LogP contribution < -0.4 is 5.32 Å². The number of nitrogens with zero attached hydrogens (tertiary/aromatic N) is 1. The predicted octanol–water partition coefficient (Wildman–Crippen LogP) is 2.59. The van der Waals surface area contributed by atoms with Gasteiger partial charge in [-0.15, -0.1) is 0 Å². The van der Waals surface area contributed by atoms with E-state index in [1.54, 1.807) is 20.8 Å². The second-order valence-electron chi connectivity index (χ2n) is 7.96. The first-order valence-electron chi connectivity index (χ1n) is 9.39. The molecule has 1 aromatic carbocycles. The maximum atomic E-state index is 11.6. The number of likely N-dealkylation sites (tertiary alicyclic amines) is 1. The number of alkyl carbamates (subject to hydrolysis) is 1. The van der Waals surface area contributed by atoms with E-state index in [9.17, 15) is 15.0 Å². The summed E-state index contributed by atoms with van der Waals surface area (Å²) in [6.45, 7) is 8.72. The van der Waals surface area contributed by atoms with Crippen LogP contribution in [0.3, 0.4) is 0 Å². The van der Waals surface area contributed by atoms with Gasteiger partial charge in [-0.2, -0.15) is 0 Å². The average molecular weight is 364 g/mol. The van der Waals surface area contributed by atoms with Gasteiger partial charge in [0.25, 0.3) is 0 Å². The fraction of sp³-hybridized carbons (Fsp3) is 0.650. The zero-order valence-corrected chi connectivity index (χ0v) is 16.1. The third kappa shape index (κ3) is 6.94. The number of rotatable bonds is 7. The van der Waals surface area contributed by atoms with Gasteiger partial charge in [0.2, 0.25) is 0 Å². The van der Waals surface area contributed by atoms with Gasteiger partial charge in [0.05, 0.1) is 6.10 Å². The quantitative estimate of drug-likeness (QED) is 0.693.